The molecule has 0 radical (unpaired) electrons. The molecule has 1 aromatic carbocycles. The third-order valence-electron chi connectivity index (χ3n) is 3.16. The van der Waals surface area contributed by atoms with Gasteiger partial charge in [-0.2, -0.15) is 0 Å². The van der Waals surface area contributed by atoms with Crippen molar-refractivity contribution in [2.75, 3.05) is 28.5 Å². The highest BCUT2D eigenvalue weighted by atomic mass is 32.2. The average molecular weight is 286 g/mol. The molecule has 0 unspecified atom stereocenters. The lowest BCUT2D eigenvalue weighted by molar-refractivity contribution is 0.597. The number of benzene rings is 1. The highest BCUT2D eigenvalue weighted by Gasteiger charge is 2.16. The molecule has 19 heavy (non-hydrogen) atoms. The fourth-order valence-electron chi connectivity index (χ4n) is 2.25. The van der Waals surface area contributed by atoms with Gasteiger partial charge in [0, 0.05) is 18.8 Å². The van der Waals surface area contributed by atoms with E-state index in [9.17, 15) is 12.8 Å². The van der Waals surface area contributed by atoms with E-state index < -0.39 is 15.8 Å². The molecule has 0 saturated carbocycles. The Morgan fingerprint density at radius 2 is 2.00 bits per heavy atom. The van der Waals surface area contributed by atoms with Crippen molar-refractivity contribution in [3.63, 3.8) is 0 Å². The summed E-state index contributed by atoms with van der Waals surface area (Å²) in [4.78, 5) is 2.14. The van der Waals surface area contributed by atoms with Crippen LogP contribution in [0.1, 0.15) is 26.2 Å². The van der Waals surface area contributed by atoms with E-state index in [1.54, 1.807) is 19.1 Å². The molecule has 6 heteroatoms. The van der Waals surface area contributed by atoms with Crippen LogP contribution in [-0.2, 0) is 10.0 Å². The van der Waals surface area contributed by atoms with Gasteiger partial charge in [0.25, 0.3) is 0 Å². The first-order valence-electron chi connectivity index (χ1n) is 6.57. The fourth-order valence-corrected chi connectivity index (χ4v) is 3.38. The molecule has 0 aromatic heterocycles. The number of hydrogen-bond donors (Lipinski definition) is 1. The normalized spacial score (nSPS) is 15.8. The van der Waals surface area contributed by atoms with E-state index in [0.717, 1.165) is 31.6 Å². The Labute approximate surface area is 113 Å². The Bertz CT molecular complexity index is 540. The van der Waals surface area contributed by atoms with E-state index in [4.69, 9.17) is 0 Å². The number of nitrogens with one attached hydrogen (secondary N) is 1. The topological polar surface area (TPSA) is 49.4 Å². The molecular formula is C13H19FN2O2S. The largest absolute Gasteiger partial charge is 0.371 e. The van der Waals surface area contributed by atoms with Crippen molar-refractivity contribution in [2.24, 2.45) is 0 Å². The molecule has 1 fully saturated rings. The van der Waals surface area contributed by atoms with E-state index in [-0.39, 0.29) is 11.4 Å². The maximum absolute atomic E-state index is 13.7. The average Bonchev–Trinajstić information content (AvgIpc) is 2.85. The molecule has 1 aromatic rings. The standard InChI is InChI=1S/C13H19FN2O2S/c1-2-9-19(17,18)15-13-10-11(5-6-12(13)14)16-7-3-4-8-16/h5-6,10,15H,2-4,7-9H2,1H3. The smallest absolute Gasteiger partial charge is 0.232 e. The number of rotatable bonds is 5. The zero-order valence-corrected chi connectivity index (χ0v) is 11.8. The molecule has 0 spiro atoms. The van der Waals surface area contributed by atoms with Gasteiger partial charge < -0.3 is 4.90 Å². The molecule has 1 aliphatic heterocycles. The summed E-state index contributed by atoms with van der Waals surface area (Å²) in [5, 5.41) is 0. The summed E-state index contributed by atoms with van der Waals surface area (Å²) in [6.45, 7) is 3.65. The van der Waals surface area contributed by atoms with Crippen LogP contribution in [0, 0.1) is 5.82 Å². The van der Waals surface area contributed by atoms with Gasteiger partial charge in [0.15, 0.2) is 0 Å². The summed E-state index contributed by atoms with van der Waals surface area (Å²) in [6.07, 6.45) is 2.74. The lowest BCUT2D eigenvalue weighted by Crippen LogP contribution is -2.20. The first kappa shape index (κ1) is 14.1. The van der Waals surface area contributed by atoms with Gasteiger partial charge in [-0.3, -0.25) is 4.72 Å². The first-order chi connectivity index (χ1) is 9.02. The van der Waals surface area contributed by atoms with Crippen molar-refractivity contribution in [3.8, 4) is 0 Å². The monoisotopic (exact) mass is 286 g/mol. The second-order valence-electron chi connectivity index (χ2n) is 4.78. The molecule has 4 nitrogen and oxygen atoms in total. The fraction of sp³-hybridized carbons (Fsp3) is 0.538. The lowest BCUT2D eigenvalue weighted by Gasteiger charge is -2.19. The van der Waals surface area contributed by atoms with Crippen LogP contribution >= 0.6 is 0 Å². The van der Waals surface area contributed by atoms with Gasteiger partial charge in [0.1, 0.15) is 5.82 Å². The van der Waals surface area contributed by atoms with Crippen molar-refractivity contribution < 1.29 is 12.8 Å². The summed E-state index contributed by atoms with van der Waals surface area (Å²) in [5.41, 5.74) is 0.908. The Hall–Kier alpha value is -1.30. The Balaban J connectivity index is 2.22. The van der Waals surface area contributed by atoms with Crippen molar-refractivity contribution in [3.05, 3.63) is 24.0 Å². The van der Waals surface area contributed by atoms with Gasteiger partial charge in [-0.15, -0.1) is 0 Å². The van der Waals surface area contributed by atoms with E-state index in [0.29, 0.717) is 6.42 Å². The second-order valence-corrected chi connectivity index (χ2v) is 6.62. The third-order valence-corrected chi connectivity index (χ3v) is 4.64. The maximum Gasteiger partial charge on any atom is 0.232 e. The van der Waals surface area contributed by atoms with Crippen molar-refractivity contribution in [1.29, 1.82) is 0 Å². The predicted molar refractivity (Wildman–Crippen MR) is 75.5 cm³/mol. The predicted octanol–water partition coefficient (Wildman–Crippen LogP) is 2.58. The minimum absolute atomic E-state index is 0.000379. The van der Waals surface area contributed by atoms with Gasteiger partial charge >= 0.3 is 0 Å². The summed E-state index contributed by atoms with van der Waals surface area (Å²) < 4.78 is 39.4. The van der Waals surface area contributed by atoms with Crippen molar-refractivity contribution in [1.82, 2.24) is 0 Å². The van der Waals surface area contributed by atoms with Crippen LogP contribution in [0.4, 0.5) is 15.8 Å². The number of halogens is 1. The minimum atomic E-state index is -3.46. The summed E-state index contributed by atoms with van der Waals surface area (Å²) >= 11 is 0. The summed E-state index contributed by atoms with van der Waals surface area (Å²) in [5.74, 6) is -0.539. The molecule has 0 aliphatic carbocycles. The van der Waals surface area contributed by atoms with Gasteiger partial charge in [0.05, 0.1) is 11.4 Å². The van der Waals surface area contributed by atoms with Crippen LogP contribution in [-0.4, -0.2) is 27.3 Å². The zero-order valence-electron chi connectivity index (χ0n) is 11.0. The zero-order chi connectivity index (χ0) is 13.9. The Morgan fingerprint density at radius 1 is 1.32 bits per heavy atom. The number of hydrogen-bond acceptors (Lipinski definition) is 3. The summed E-state index contributed by atoms with van der Waals surface area (Å²) in [7, 11) is -3.46. The Morgan fingerprint density at radius 3 is 2.63 bits per heavy atom. The van der Waals surface area contributed by atoms with Crippen molar-refractivity contribution in [2.45, 2.75) is 26.2 Å². The molecule has 2 rings (SSSR count). The molecule has 106 valence electrons. The quantitative estimate of drug-likeness (QED) is 0.905. The maximum atomic E-state index is 13.7. The SMILES string of the molecule is CCCS(=O)(=O)Nc1cc(N2CCCC2)ccc1F. The van der Waals surface area contributed by atoms with Crippen molar-refractivity contribution >= 4 is 21.4 Å². The van der Waals surface area contributed by atoms with E-state index >= 15 is 0 Å². The van der Waals surface area contributed by atoms with Crippen LogP contribution in [0.5, 0.6) is 0 Å². The third kappa shape index (κ3) is 3.59. The van der Waals surface area contributed by atoms with Gasteiger partial charge in [0.2, 0.25) is 10.0 Å². The second kappa shape index (κ2) is 5.77. The molecule has 0 atom stereocenters. The van der Waals surface area contributed by atoms with Gasteiger partial charge in [-0.25, -0.2) is 12.8 Å². The minimum Gasteiger partial charge on any atom is -0.371 e. The van der Waals surface area contributed by atoms with Crippen LogP contribution in [0.3, 0.4) is 0 Å². The number of nitrogens with zero attached hydrogens (tertiary/aromatic N) is 1. The summed E-state index contributed by atoms with van der Waals surface area (Å²) in [6, 6.07) is 4.59. The van der Waals surface area contributed by atoms with Gasteiger partial charge in [-0.1, -0.05) is 6.92 Å². The molecule has 1 aliphatic rings. The molecule has 0 bridgehead atoms. The number of sulfonamides is 1. The van der Waals surface area contributed by atoms with E-state index in [1.165, 1.54) is 6.07 Å². The molecule has 0 amide bonds. The molecule has 1 saturated heterocycles. The van der Waals surface area contributed by atoms with Crippen LogP contribution in [0.25, 0.3) is 0 Å². The highest BCUT2D eigenvalue weighted by Crippen LogP contribution is 2.26. The molecule has 1 heterocycles. The lowest BCUT2D eigenvalue weighted by atomic mass is 10.2. The highest BCUT2D eigenvalue weighted by molar-refractivity contribution is 7.92. The molecular weight excluding hydrogens is 267 g/mol. The Kier molecular flexibility index (Phi) is 4.29. The van der Waals surface area contributed by atoms with Crippen LogP contribution < -0.4 is 9.62 Å². The van der Waals surface area contributed by atoms with Gasteiger partial charge in [-0.05, 0) is 37.5 Å². The van der Waals surface area contributed by atoms with E-state index in [1.807, 2.05) is 0 Å². The van der Waals surface area contributed by atoms with Crippen LogP contribution in [0.2, 0.25) is 0 Å². The number of anilines is 2. The van der Waals surface area contributed by atoms with Crippen LogP contribution in [0.15, 0.2) is 18.2 Å². The first-order valence-corrected chi connectivity index (χ1v) is 8.22. The van der Waals surface area contributed by atoms with E-state index in [2.05, 4.69) is 9.62 Å². The molecule has 1 N–H and O–H groups in total.